The van der Waals surface area contributed by atoms with Crippen LogP contribution in [0.2, 0.25) is 0 Å². The van der Waals surface area contributed by atoms with E-state index in [0.29, 0.717) is 6.04 Å². The maximum Gasteiger partial charge on any atom is 0.118 e. The number of hydrogen-bond donors (Lipinski definition) is 1. The number of nitrogens with zero attached hydrogens (tertiary/aromatic N) is 1. The molecule has 108 valence electrons. The van der Waals surface area contributed by atoms with Crippen molar-refractivity contribution >= 4 is 0 Å². The highest BCUT2D eigenvalue weighted by atomic mass is 16.5. The molecule has 0 saturated heterocycles. The van der Waals surface area contributed by atoms with Gasteiger partial charge < -0.3 is 10.5 Å². The molecule has 19 heavy (non-hydrogen) atoms. The second kappa shape index (κ2) is 8.18. The molecule has 0 bridgehead atoms. The summed E-state index contributed by atoms with van der Waals surface area (Å²) in [6.07, 6.45) is 2.13. The molecule has 0 heterocycles. The Labute approximate surface area is 117 Å². The van der Waals surface area contributed by atoms with Gasteiger partial charge in [0.05, 0.1) is 7.11 Å². The Morgan fingerprint density at radius 1 is 1.16 bits per heavy atom. The zero-order chi connectivity index (χ0) is 14.3. The van der Waals surface area contributed by atoms with Crippen LogP contribution in [-0.4, -0.2) is 31.1 Å². The third-order valence-electron chi connectivity index (χ3n) is 3.64. The molecule has 0 radical (unpaired) electrons. The van der Waals surface area contributed by atoms with Gasteiger partial charge in [0, 0.05) is 12.1 Å². The molecule has 3 nitrogen and oxygen atoms in total. The van der Waals surface area contributed by atoms with Crippen LogP contribution in [0.1, 0.15) is 45.2 Å². The quantitative estimate of drug-likeness (QED) is 0.783. The van der Waals surface area contributed by atoms with Crippen LogP contribution in [0.25, 0.3) is 0 Å². The molecule has 1 rings (SSSR count). The van der Waals surface area contributed by atoms with E-state index in [4.69, 9.17) is 10.5 Å². The molecule has 1 aromatic rings. The summed E-state index contributed by atoms with van der Waals surface area (Å²) >= 11 is 0. The van der Waals surface area contributed by atoms with Gasteiger partial charge >= 0.3 is 0 Å². The number of ether oxygens (including phenoxy) is 1. The van der Waals surface area contributed by atoms with Gasteiger partial charge in [-0.3, -0.25) is 4.90 Å². The number of hydrogen-bond acceptors (Lipinski definition) is 3. The lowest BCUT2D eigenvalue weighted by atomic mass is 9.96. The molecule has 2 unspecified atom stereocenters. The van der Waals surface area contributed by atoms with Crippen molar-refractivity contribution in [2.75, 3.05) is 20.2 Å². The average molecular weight is 264 g/mol. The first kappa shape index (κ1) is 16.0. The molecule has 2 atom stereocenters. The summed E-state index contributed by atoms with van der Waals surface area (Å²) in [7, 11) is 1.69. The van der Waals surface area contributed by atoms with Gasteiger partial charge in [0.1, 0.15) is 5.75 Å². The van der Waals surface area contributed by atoms with Crippen LogP contribution in [0.3, 0.4) is 0 Å². The number of methoxy groups -OCH3 is 1. The van der Waals surface area contributed by atoms with Crippen LogP contribution >= 0.6 is 0 Å². The smallest absolute Gasteiger partial charge is 0.118 e. The topological polar surface area (TPSA) is 38.5 Å². The fourth-order valence-corrected chi connectivity index (χ4v) is 2.53. The largest absolute Gasteiger partial charge is 0.497 e. The van der Waals surface area contributed by atoms with Gasteiger partial charge in [0.15, 0.2) is 0 Å². The van der Waals surface area contributed by atoms with Crippen molar-refractivity contribution in [1.29, 1.82) is 0 Å². The van der Waals surface area contributed by atoms with E-state index in [1.807, 2.05) is 12.1 Å². The third-order valence-corrected chi connectivity index (χ3v) is 3.64. The monoisotopic (exact) mass is 264 g/mol. The van der Waals surface area contributed by atoms with Crippen molar-refractivity contribution in [3.63, 3.8) is 0 Å². The van der Waals surface area contributed by atoms with Crippen molar-refractivity contribution in [1.82, 2.24) is 4.90 Å². The van der Waals surface area contributed by atoms with E-state index < -0.39 is 0 Å². The Morgan fingerprint density at radius 2 is 1.79 bits per heavy atom. The number of nitrogens with two attached hydrogens (primary N) is 1. The standard InChI is InChI=1S/C16H28N2O/c1-5-12-18(7-3)16(15(17)6-2)13-8-10-14(19-4)11-9-13/h8-11,15-16H,5-7,12,17H2,1-4H3. The molecule has 0 saturated carbocycles. The predicted octanol–water partition coefficient (Wildman–Crippen LogP) is 3.21. The first-order chi connectivity index (χ1) is 9.17. The molecule has 3 heteroatoms. The number of likely N-dealkylation sites (N-methyl/N-ethyl adjacent to an activating group) is 1. The highest BCUT2D eigenvalue weighted by Gasteiger charge is 2.24. The van der Waals surface area contributed by atoms with Gasteiger partial charge in [-0.2, -0.15) is 0 Å². The van der Waals surface area contributed by atoms with Crippen LogP contribution in [-0.2, 0) is 0 Å². The van der Waals surface area contributed by atoms with Gasteiger partial charge in [-0.1, -0.05) is 32.9 Å². The molecule has 1 aromatic carbocycles. The van der Waals surface area contributed by atoms with Gasteiger partial charge in [-0.15, -0.1) is 0 Å². The molecule has 0 amide bonds. The molecular formula is C16H28N2O. The zero-order valence-electron chi connectivity index (χ0n) is 12.7. The van der Waals surface area contributed by atoms with E-state index in [0.717, 1.165) is 31.7 Å². The Morgan fingerprint density at radius 3 is 2.21 bits per heavy atom. The maximum atomic E-state index is 6.35. The van der Waals surface area contributed by atoms with E-state index in [1.165, 1.54) is 5.56 Å². The highest BCUT2D eigenvalue weighted by Crippen LogP contribution is 2.26. The van der Waals surface area contributed by atoms with Gasteiger partial charge in [-0.05, 0) is 43.6 Å². The summed E-state index contributed by atoms with van der Waals surface area (Å²) in [4.78, 5) is 2.47. The van der Waals surface area contributed by atoms with Crippen molar-refractivity contribution in [2.24, 2.45) is 5.73 Å². The highest BCUT2D eigenvalue weighted by molar-refractivity contribution is 5.30. The van der Waals surface area contributed by atoms with Gasteiger partial charge in [0.25, 0.3) is 0 Å². The molecule has 0 aromatic heterocycles. The second-order valence-corrected chi connectivity index (χ2v) is 4.92. The Kier molecular flexibility index (Phi) is 6.89. The molecule has 2 N–H and O–H groups in total. The van der Waals surface area contributed by atoms with Crippen LogP contribution in [0.4, 0.5) is 0 Å². The second-order valence-electron chi connectivity index (χ2n) is 4.92. The van der Waals surface area contributed by atoms with Gasteiger partial charge in [0.2, 0.25) is 0 Å². The molecule has 0 fully saturated rings. The Balaban J connectivity index is 3.00. The fourth-order valence-electron chi connectivity index (χ4n) is 2.53. The van der Waals surface area contributed by atoms with Gasteiger partial charge in [-0.25, -0.2) is 0 Å². The zero-order valence-corrected chi connectivity index (χ0v) is 12.7. The van der Waals surface area contributed by atoms with E-state index in [9.17, 15) is 0 Å². The third kappa shape index (κ3) is 4.22. The van der Waals surface area contributed by atoms with Crippen LogP contribution in [0, 0.1) is 0 Å². The normalized spacial score (nSPS) is 14.4. The van der Waals surface area contributed by atoms with Crippen LogP contribution in [0.5, 0.6) is 5.75 Å². The predicted molar refractivity (Wildman–Crippen MR) is 81.5 cm³/mol. The lowest BCUT2D eigenvalue weighted by molar-refractivity contribution is 0.178. The molecule has 0 aliphatic heterocycles. The van der Waals surface area contributed by atoms with E-state index in [-0.39, 0.29) is 6.04 Å². The SMILES string of the molecule is CCCN(CC)C(c1ccc(OC)cc1)C(N)CC. The van der Waals surface area contributed by atoms with Crippen molar-refractivity contribution in [3.8, 4) is 5.75 Å². The van der Waals surface area contributed by atoms with Crippen molar-refractivity contribution < 1.29 is 4.74 Å². The lowest BCUT2D eigenvalue weighted by Gasteiger charge is -2.35. The number of benzene rings is 1. The first-order valence-electron chi connectivity index (χ1n) is 7.31. The maximum absolute atomic E-state index is 6.35. The first-order valence-corrected chi connectivity index (χ1v) is 7.31. The summed E-state index contributed by atoms with van der Waals surface area (Å²) in [5, 5.41) is 0. The summed E-state index contributed by atoms with van der Waals surface area (Å²) in [5.74, 6) is 0.895. The molecule has 0 aliphatic rings. The minimum atomic E-state index is 0.167. The molecule has 0 spiro atoms. The molecular weight excluding hydrogens is 236 g/mol. The van der Waals surface area contributed by atoms with E-state index >= 15 is 0 Å². The molecule has 0 aliphatic carbocycles. The van der Waals surface area contributed by atoms with Crippen LogP contribution < -0.4 is 10.5 Å². The summed E-state index contributed by atoms with van der Waals surface area (Å²) in [6, 6.07) is 8.77. The van der Waals surface area contributed by atoms with E-state index in [1.54, 1.807) is 7.11 Å². The summed E-state index contributed by atoms with van der Waals surface area (Å²) in [5.41, 5.74) is 7.64. The fraction of sp³-hybridized carbons (Fsp3) is 0.625. The van der Waals surface area contributed by atoms with Crippen LogP contribution in [0.15, 0.2) is 24.3 Å². The minimum absolute atomic E-state index is 0.167. The summed E-state index contributed by atoms with van der Waals surface area (Å²) < 4.78 is 5.23. The van der Waals surface area contributed by atoms with E-state index in [2.05, 4.69) is 37.8 Å². The average Bonchev–Trinajstić information content (AvgIpc) is 2.46. The van der Waals surface area contributed by atoms with Crippen molar-refractivity contribution in [2.45, 2.75) is 45.7 Å². The Bertz CT molecular complexity index is 350. The summed E-state index contributed by atoms with van der Waals surface area (Å²) in [6.45, 7) is 8.68. The lowest BCUT2D eigenvalue weighted by Crippen LogP contribution is -2.41. The van der Waals surface area contributed by atoms with Crippen molar-refractivity contribution in [3.05, 3.63) is 29.8 Å². The minimum Gasteiger partial charge on any atom is -0.497 e. The number of rotatable bonds is 8. The Hall–Kier alpha value is -1.06.